The highest BCUT2D eigenvalue weighted by molar-refractivity contribution is 5.82. The van der Waals surface area contributed by atoms with Crippen LogP contribution in [0.4, 0.5) is 0 Å². The third-order valence-corrected chi connectivity index (χ3v) is 3.58. The number of hydrogen-bond donors (Lipinski definition) is 1. The van der Waals surface area contributed by atoms with E-state index in [1.165, 1.54) is 0 Å². The molecule has 4 heteroatoms. The monoisotopic (exact) mass is 263 g/mol. The maximum atomic E-state index is 12.4. The van der Waals surface area contributed by atoms with Crippen molar-refractivity contribution in [1.82, 2.24) is 4.90 Å². The molecule has 0 spiro atoms. The number of aliphatic hydroxyl groups is 1. The number of nitrogens with zero attached hydrogens (tertiary/aromatic N) is 1. The highest BCUT2D eigenvalue weighted by atomic mass is 16.5. The fraction of sp³-hybridized carbons (Fsp3) is 0.533. The van der Waals surface area contributed by atoms with Gasteiger partial charge in [-0.2, -0.15) is 0 Å². The number of rotatable bonds is 5. The van der Waals surface area contributed by atoms with E-state index < -0.39 is 6.10 Å². The van der Waals surface area contributed by atoms with Gasteiger partial charge < -0.3 is 14.7 Å². The maximum absolute atomic E-state index is 12.4. The van der Waals surface area contributed by atoms with Crippen LogP contribution in [0.1, 0.15) is 31.4 Å². The fourth-order valence-electron chi connectivity index (χ4n) is 2.44. The topological polar surface area (TPSA) is 49.8 Å². The Morgan fingerprint density at radius 1 is 1.42 bits per heavy atom. The minimum atomic E-state index is -0.396. The van der Waals surface area contributed by atoms with Crippen LogP contribution in [0.25, 0.3) is 0 Å². The number of ether oxygens (including phenoxy) is 1. The summed E-state index contributed by atoms with van der Waals surface area (Å²) in [6, 6.07) is 10.1. The smallest absolute Gasteiger partial charge is 0.252 e. The highest BCUT2D eigenvalue weighted by Crippen LogP contribution is 2.24. The van der Waals surface area contributed by atoms with Crippen molar-refractivity contribution in [2.24, 2.45) is 0 Å². The summed E-state index contributed by atoms with van der Waals surface area (Å²) < 4.78 is 5.51. The molecule has 0 saturated carbocycles. The molecule has 1 aromatic rings. The highest BCUT2D eigenvalue weighted by Gasteiger charge is 2.32. The van der Waals surface area contributed by atoms with E-state index in [0.29, 0.717) is 26.0 Å². The molecule has 104 valence electrons. The van der Waals surface area contributed by atoms with E-state index in [1.54, 1.807) is 0 Å². The van der Waals surface area contributed by atoms with Gasteiger partial charge in [0.15, 0.2) is 0 Å². The zero-order valence-electron chi connectivity index (χ0n) is 11.3. The van der Waals surface area contributed by atoms with Crippen molar-refractivity contribution >= 4 is 5.91 Å². The van der Waals surface area contributed by atoms with Gasteiger partial charge in [-0.25, -0.2) is 0 Å². The summed E-state index contributed by atoms with van der Waals surface area (Å²) in [6.45, 7) is 3.34. The SMILES string of the molecule is CC(c1ccccc1)N1CCOC(CCCO)C1=O. The lowest BCUT2D eigenvalue weighted by molar-refractivity contribution is -0.156. The first-order valence-corrected chi connectivity index (χ1v) is 6.82. The molecule has 2 rings (SSSR count). The van der Waals surface area contributed by atoms with Gasteiger partial charge in [0.25, 0.3) is 5.91 Å². The lowest BCUT2D eigenvalue weighted by Crippen LogP contribution is -2.48. The maximum Gasteiger partial charge on any atom is 0.252 e. The molecule has 0 aromatic heterocycles. The average molecular weight is 263 g/mol. The summed E-state index contributed by atoms with van der Waals surface area (Å²) in [6.07, 6.45) is 0.796. The summed E-state index contributed by atoms with van der Waals surface area (Å²) in [7, 11) is 0. The first-order chi connectivity index (χ1) is 9.24. The second kappa shape index (κ2) is 6.68. The van der Waals surface area contributed by atoms with Crippen LogP contribution in [0, 0.1) is 0 Å². The Bertz CT molecular complexity index is 407. The molecule has 1 aliphatic rings. The Kier molecular flexibility index (Phi) is 4.93. The van der Waals surface area contributed by atoms with E-state index in [2.05, 4.69) is 0 Å². The molecule has 1 N–H and O–H groups in total. The van der Waals surface area contributed by atoms with Crippen LogP contribution >= 0.6 is 0 Å². The van der Waals surface area contributed by atoms with Crippen molar-refractivity contribution in [3.8, 4) is 0 Å². The van der Waals surface area contributed by atoms with E-state index in [4.69, 9.17) is 9.84 Å². The molecule has 0 bridgehead atoms. The minimum absolute atomic E-state index is 0.0380. The lowest BCUT2D eigenvalue weighted by Gasteiger charge is -2.36. The molecule has 19 heavy (non-hydrogen) atoms. The van der Waals surface area contributed by atoms with Crippen molar-refractivity contribution in [1.29, 1.82) is 0 Å². The van der Waals surface area contributed by atoms with Crippen molar-refractivity contribution < 1.29 is 14.6 Å². The largest absolute Gasteiger partial charge is 0.396 e. The van der Waals surface area contributed by atoms with Gasteiger partial charge in [-0.1, -0.05) is 30.3 Å². The summed E-state index contributed by atoms with van der Waals surface area (Å²) in [5.41, 5.74) is 1.14. The standard InChI is InChI=1S/C15H21NO3/c1-12(13-6-3-2-4-7-13)16-9-11-19-14(15(16)18)8-5-10-17/h2-4,6-7,12,14,17H,5,8-11H2,1H3. The molecule has 0 radical (unpaired) electrons. The summed E-state index contributed by atoms with van der Waals surface area (Å²) in [5, 5.41) is 8.86. The van der Waals surface area contributed by atoms with Crippen LogP contribution < -0.4 is 0 Å². The van der Waals surface area contributed by atoms with Crippen LogP contribution in [0.3, 0.4) is 0 Å². The van der Waals surface area contributed by atoms with Gasteiger partial charge in [-0.05, 0) is 25.3 Å². The molecule has 1 saturated heterocycles. The van der Waals surface area contributed by atoms with Gasteiger partial charge in [0, 0.05) is 13.2 Å². The van der Waals surface area contributed by atoms with Gasteiger partial charge in [0.05, 0.1) is 12.6 Å². The first-order valence-electron chi connectivity index (χ1n) is 6.82. The number of aliphatic hydroxyl groups excluding tert-OH is 1. The fourth-order valence-corrected chi connectivity index (χ4v) is 2.44. The van der Waals surface area contributed by atoms with Crippen LogP contribution in [0.2, 0.25) is 0 Å². The Balaban J connectivity index is 2.05. The van der Waals surface area contributed by atoms with Crippen molar-refractivity contribution in [2.75, 3.05) is 19.8 Å². The predicted octanol–water partition coefficient (Wildman–Crippen LogP) is 1.75. The molecular weight excluding hydrogens is 242 g/mol. The van der Waals surface area contributed by atoms with Crippen molar-refractivity contribution in [3.63, 3.8) is 0 Å². The number of amides is 1. The average Bonchev–Trinajstić information content (AvgIpc) is 2.46. The number of hydrogen-bond acceptors (Lipinski definition) is 3. The molecule has 1 amide bonds. The summed E-state index contributed by atoms with van der Waals surface area (Å²) >= 11 is 0. The van der Waals surface area contributed by atoms with Gasteiger partial charge >= 0.3 is 0 Å². The number of carbonyl (C=O) groups excluding carboxylic acids is 1. The van der Waals surface area contributed by atoms with Gasteiger partial charge in [-0.15, -0.1) is 0 Å². The minimum Gasteiger partial charge on any atom is -0.396 e. The zero-order chi connectivity index (χ0) is 13.7. The van der Waals surface area contributed by atoms with Crippen molar-refractivity contribution in [2.45, 2.75) is 31.9 Å². The molecule has 1 heterocycles. The van der Waals surface area contributed by atoms with Gasteiger partial charge in [0.1, 0.15) is 6.10 Å². The van der Waals surface area contributed by atoms with Crippen LogP contribution in [0.5, 0.6) is 0 Å². The molecule has 2 atom stereocenters. The van der Waals surface area contributed by atoms with E-state index >= 15 is 0 Å². The summed E-state index contributed by atoms with van der Waals surface area (Å²) in [4.78, 5) is 14.2. The molecule has 4 nitrogen and oxygen atoms in total. The molecule has 1 aromatic carbocycles. The number of morpholine rings is 1. The Labute approximate surface area is 114 Å². The van der Waals surface area contributed by atoms with Crippen LogP contribution in [0.15, 0.2) is 30.3 Å². The molecular formula is C15H21NO3. The molecule has 1 aliphatic heterocycles. The van der Waals surface area contributed by atoms with E-state index in [1.807, 2.05) is 42.2 Å². The summed E-state index contributed by atoms with van der Waals surface area (Å²) in [5.74, 6) is 0.0380. The predicted molar refractivity (Wildman–Crippen MR) is 72.6 cm³/mol. The third-order valence-electron chi connectivity index (χ3n) is 3.58. The van der Waals surface area contributed by atoms with Crippen LogP contribution in [-0.2, 0) is 9.53 Å². The van der Waals surface area contributed by atoms with E-state index in [-0.39, 0.29) is 18.6 Å². The zero-order valence-corrected chi connectivity index (χ0v) is 11.3. The first kappa shape index (κ1) is 14.0. The van der Waals surface area contributed by atoms with E-state index in [0.717, 1.165) is 5.56 Å². The lowest BCUT2D eigenvalue weighted by atomic mass is 10.0. The molecule has 2 unspecified atom stereocenters. The van der Waals surface area contributed by atoms with Crippen molar-refractivity contribution in [3.05, 3.63) is 35.9 Å². The van der Waals surface area contributed by atoms with Gasteiger partial charge in [0.2, 0.25) is 0 Å². The van der Waals surface area contributed by atoms with Gasteiger partial charge in [-0.3, -0.25) is 4.79 Å². The number of carbonyl (C=O) groups is 1. The molecule has 0 aliphatic carbocycles. The Morgan fingerprint density at radius 2 is 2.16 bits per heavy atom. The second-order valence-corrected chi connectivity index (χ2v) is 4.84. The quantitative estimate of drug-likeness (QED) is 0.880. The third kappa shape index (κ3) is 3.33. The Hall–Kier alpha value is -1.39. The van der Waals surface area contributed by atoms with E-state index in [9.17, 15) is 4.79 Å². The molecule has 1 fully saturated rings. The van der Waals surface area contributed by atoms with Crippen LogP contribution in [-0.4, -0.2) is 41.8 Å². The Morgan fingerprint density at radius 3 is 2.84 bits per heavy atom. The number of benzene rings is 1. The normalized spacial score (nSPS) is 21.5. The second-order valence-electron chi connectivity index (χ2n) is 4.84.